The van der Waals surface area contributed by atoms with Crippen molar-refractivity contribution in [2.75, 3.05) is 19.5 Å². The van der Waals surface area contributed by atoms with Gasteiger partial charge in [0.25, 0.3) is 0 Å². The fraction of sp³-hybridized carbons (Fsp3) is 0.188. The molecule has 2 rings (SSSR count). The zero-order valence-electron chi connectivity index (χ0n) is 13.5. The largest absolute Gasteiger partial charge is 0.494 e. The molecule has 0 atom stereocenters. The number of hydrogen-bond acceptors (Lipinski definition) is 6. The average molecular weight is 368 g/mol. The number of halogens is 2. The highest BCUT2D eigenvalue weighted by molar-refractivity contribution is 6.32. The Morgan fingerprint density at radius 2 is 2.12 bits per heavy atom. The number of nitrogen functional groups attached to an aromatic ring is 1. The van der Waals surface area contributed by atoms with Crippen LogP contribution in [0.25, 0.3) is 17.1 Å². The van der Waals surface area contributed by atoms with E-state index in [-0.39, 0.29) is 45.9 Å². The van der Waals surface area contributed by atoms with Gasteiger partial charge < -0.3 is 20.3 Å². The Morgan fingerprint density at radius 1 is 1.44 bits per heavy atom. The minimum absolute atomic E-state index is 0.0121. The molecule has 0 saturated heterocycles. The molecule has 25 heavy (non-hydrogen) atoms. The Labute approximate surface area is 147 Å². The molecular formula is C16H15ClFN3O4. The molecule has 0 amide bonds. The molecule has 1 heterocycles. The molecule has 0 saturated carbocycles. The van der Waals surface area contributed by atoms with E-state index in [1.54, 1.807) is 6.92 Å². The first-order valence-corrected chi connectivity index (χ1v) is 7.44. The Hall–Kier alpha value is -2.87. The van der Waals surface area contributed by atoms with E-state index >= 15 is 0 Å². The Balaban J connectivity index is 2.70. The van der Waals surface area contributed by atoms with Crippen LogP contribution in [0.15, 0.2) is 18.7 Å². The number of methoxy groups -OCH3 is 1. The van der Waals surface area contributed by atoms with Crippen LogP contribution < -0.4 is 10.5 Å². The summed E-state index contributed by atoms with van der Waals surface area (Å²) < 4.78 is 24.6. The van der Waals surface area contributed by atoms with Gasteiger partial charge in [-0.05, 0) is 19.1 Å². The highest BCUT2D eigenvalue weighted by Crippen LogP contribution is 2.35. The standard InChI is InChI=1S/C16H15ClFN3O4/c1-4-25-7(2)10-12(16(22)23)20-15(21-14(10)19)8-5-6-9(17)13(24-3)11(8)18/h5-6H,2,4H2,1,3H3,(H,22,23)(H2,19,20,21). The van der Waals surface area contributed by atoms with Crippen LogP contribution in [-0.2, 0) is 4.74 Å². The van der Waals surface area contributed by atoms with Crippen LogP contribution >= 0.6 is 11.6 Å². The summed E-state index contributed by atoms with van der Waals surface area (Å²) in [6, 6.07) is 2.68. The van der Waals surface area contributed by atoms with E-state index in [4.69, 9.17) is 26.8 Å². The third kappa shape index (κ3) is 3.48. The first-order valence-electron chi connectivity index (χ1n) is 7.07. The molecule has 0 aliphatic rings. The summed E-state index contributed by atoms with van der Waals surface area (Å²) in [5.74, 6) is -2.83. The van der Waals surface area contributed by atoms with Crippen molar-refractivity contribution in [1.29, 1.82) is 0 Å². The smallest absolute Gasteiger partial charge is 0.355 e. The van der Waals surface area contributed by atoms with Gasteiger partial charge in [0.1, 0.15) is 11.6 Å². The van der Waals surface area contributed by atoms with Gasteiger partial charge >= 0.3 is 5.97 Å². The van der Waals surface area contributed by atoms with Crippen molar-refractivity contribution in [3.63, 3.8) is 0 Å². The fourth-order valence-corrected chi connectivity index (χ4v) is 2.39. The summed E-state index contributed by atoms with van der Waals surface area (Å²) in [6.45, 7) is 5.57. The van der Waals surface area contributed by atoms with Crippen LogP contribution in [0.4, 0.5) is 10.2 Å². The van der Waals surface area contributed by atoms with E-state index in [2.05, 4.69) is 16.5 Å². The number of carboxylic acids is 1. The molecule has 1 aromatic heterocycles. The molecule has 0 fully saturated rings. The van der Waals surface area contributed by atoms with Gasteiger partial charge in [0.15, 0.2) is 23.1 Å². The number of rotatable bonds is 6. The normalized spacial score (nSPS) is 10.4. The zero-order chi connectivity index (χ0) is 18.7. The number of benzene rings is 1. The molecule has 0 radical (unpaired) electrons. The lowest BCUT2D eigenvalue weighted by Gasteiger charge is -2.14. The van der Waals surface area contributed by atoms with E-state index in [0.29, 0.717) is 0 Å². The third-order valence-corrected chi connectivity index (χ3v) is 3.53. The Bertz CT molecular complexity index is 858. The number of anilines is 1. The number of carboxylic acid groups (broad SMARTS) is 1. The van der Waals surface area contributed by atoms with Crippen molar-refractivity contribution < 1.29 is 23.8 Å². The number of carbonyl (C=O) groups is 1. The SMILES string of the molecule is C=C(OCC)c1c(N)nc(-c2ccc(Cl)c(OC)c2F)nc1C(=O)O. The first kappa shape index (κ1) is 18.5. The predicted octanol–water partition coefficient (Wildman–Crippen LogP) is 3.23. The minimum atomic E-state index is -1.38. The maximum absolute atomic E-state index is 14.5. The molecule has 0 aliphatic carbocycles. The van der Waals surface area contributed by atoms with Gasteiger partial charge in [0.05, 0.1) is 29.9 Å². The van der Waals surface area contributed by atoms with Crippen LogP contribution in [0.3, 0.4) is 0 Å². The number of nitrogens with zero attached hydrogens (tertiary/aromatic N) is 2. The summed E-state index contributed by atoms with van der Waals surface area (Å²) in [7, 11) is 1.25. The summed E-state index contributed by atoms with van der Waals surface area (Å²) in [6.07, 6.45) is 0. The van der Waals surface area contributed by atoms with Gasteiger partial charge in [-0.1, -0.05) is 18.2 Å². The van der Waals surface area contributed by atoms with E-state index in [1.807, 2.05) is 0 Å². The Morgan fingerprint density at radius 3 is 2.68 bits per heavy atom. The zero-order valence-corrected chi connectivity index (χ0v) is 14.2. The number of hydrogen-bond donors (Lipinski definition) is 2. The fourth-order valence-electron chi connectivity index (χ4n) is 2.17. The maximum Gasteiger partial charge on any atom is 0.355 e. The van der Waals surface area contributed by atoms with Gasteiger partial charge in [-0.15, -0.1) is 0 Å². The molecule has 7 nitrogen and oxygen atoms in total. The van der Waals surface area contributed by atoms with Crippen molar-refractivity contribution in [1.82, 2.24) is 9.97 Å². The molecule has 3 N–H and O–H groups in total. The predicted molar refractivity (Wildman–Crippen MR) is 91.0 cm³/mol. The molecule has 1 aromatic carbocycles. The van der Waals surface area contributed by atoms with Crippen LogP contribution in [0.5, 0.6) is 5.75 Å². The van der Waals surface area contributed by atoms with Gasteiger partial charge in [-0.3, -0.25) is 0 Å². The van der Waals surface area contributed by atoms with Crippen molar-refractivity contribution >= 4 is 29.1 Å². The van der Waals surface area contributed by atoms with Gasteiger partial charge in [-0.25, -0.2) is 19.2 Å². The molecule has 9 heteroatoms. The second-order valence-corrected chi connectivity index (χ2v) is 5.17. The molecular weight excluding hydrogens is 353 g/mol. The second-order valence-electron chi connectivity index (χ2n) is 4.76. The highest BCUT2D eigenvalue weighted by Gasteiger charge is 2.24. The molecule has 0 spiro atoms. The summed E-state index contributed by atoms with van der Waals surface area (Å²) in [5, 5.41) is 9.46. The first-order chi connectivity index (χ1) is 11.8. The topological polar surface area (TPSA) is 108 Å². The van der Waals surface area contributed by atoms with Gasteiger partial charge in [-0.2, -0.15) is 0 Å². The van der Waals surface area contributed by atoms with E-state index < -0.39 is 17.5 Å². The number of ether oxygens (including phenoxy) is 2. The van der Waals surface area contributed by atoms with E-state index in [0.717, 1.165) is 0 Å². The van der Waals surface area contributed by atoms with E-state index in [1.165, 1.54) is 19.2 Å². The third-order valence-electron chi connectivity index (χ3n) is 3.23. The Kier molecular flexibility index (Phi) is 5.43. The molecule has 0 unspecified atom stereocenters. The number of aromatic carboxylic acids is 1. The summed E-state index contributed by atoms with van der Waals surface area (Å²) in [5.41, 5.74) is 5.23. The molecule has 0 bridgehead atoms. The summed E-state index contributed by atoms with van der Waals surface area (Å²) in [4.78, 5) is 19.4. The van der Waals surface area contributed by atoms with Crippen molar-refractivity contribution in [3.8, 4) is 17.1 Å². The molecule has 132 valence electrons. The second kappa shape index (κ2) is 7.35. The maximum atomic E-state index is 14.5. The van der Waals surface area contributed by atoms with E-state index in [9.17, 15) is 14.3 Å². The van der Waals surface area contributed by atoms with Crippen LogP contribution in [-0.4, -0.2) is 34.8 Å². The van der Waals surface area contributed by atoms with Crippen molar-refractivity contribution in [2.24, 2.45) is 0 Å². The molecule has 2 aromatic rings. The average Bonchev–Trinajstić information content (AvgIpc) is 2.54. The quantitative estimate of drug-likeness (QED) is 0.754. The van der Waals surface area contributed by atoms with Crippen molar-refractivity contribution in [3.05, 3.63) is 40.8 Å². The van der Waals surface area contributed by atoms with Crippen LogP contribution in [0.1, 0.15) is 23.0 Å². The van der Waals surface area contributed by atoms with Gasteiger partial charge in [0, 0.05) is 0 Å². The summed E-state index contributed by atoms with van der Waals surface area (Å²) >= 11 is 5.85. The number of nitrogens with two attached hydrogens (primary N) is 1. The lowest BCUT2D eigenvalue weighted by atomic mass is 10.1. The number of aromatic nitrogens is 2. The molecule has 0 aliphatic heterocycles. The monoisotopic (exact) mass is 367 g/mol. The lowest BCUT2D eigenvalue weighted by Crippen LogP contribution is -2.13. The minimum Gasteiger partial charge on any atom is -0.494 e. The van der Waals surface area contributed by atoms with Crippen LogP contribution in [0, 0.1) is 5.82 Å². The highest BCUT2D eigenvalue weighted by atomic mass is 35.5. The van der Waals surface area contributed by atoms with Gasteiger partial charge in [0.2, 0.25) is 0 Å². The van der Waals surface area contributed by atoms with Crippen LogP contribution in [0.2, 0.25) is 5.02 Å². The lowest BCUT2D eigenvalue weighted by molar-refractivity contribution is 0.0689. The van der Waals surface area contributed by atoms with Crippen molar-refractivity contribution in [2.45, 2.75) is 6.92 Å².